The Bertz CT molecular complexity index is 140. The van der Waals surface area contributed by atoms with Crippen molar-refractivity contribution >= 4 is 21.4 Å². The van der Waals surface area contributed by atoms with Crippen LogP contribution in [0.1, 0.15) is 27.2 Å². The molecule has 0 saturated carbocycles. The van der Waals surface area contributed by atoms with E-state index in [4.69, 9.17) is 13.3 Å². The summed E-state index contributed by atoms with van der Waals surface area (Å²) in [4.78, 5) is 0. The summed E-state index contributed by atoms with van der Waals surface area (Å²) in [6.07, 6.45) is 1.08. The van der Waals surface area contributed by atoms with Crippen molar-refractivity contribution in [1.82, 2.24) is 0 Å². The first-order chi connectivity index (χ1) is 6.58. The lowest BCUT2D eigenvalue weighted by atomic mass is 10.3. The molecule has 0 rings (SSSR count). The molecule has 86 valence electrons. The molecule has 0 aliphatic carbocycles. The standard InChI is InChI=1S/C9H22O3SSi/c1-5-10-14(4,11-6-2)12-9(3)7-8-13/h9,13H,5-8H2,1-4H3. The lowest BCUT2D eigenvalue weighted by Crippen LogP contribution is -2.45. The number of rotatable bonds is 8. The largest absolute Gasteiger partial charge is 0.497 e. The van der Waals surface area contributed by atoms with Crippen LogP contribution in [0.15, 0.2) is 0 Å². The summed E-state index contributed by atoms with van der Waals surface area (Å²) < 4.78 is 16.9. The predicted molar refractivity (Wildman–Crippen MR) is 63.9 cm³/mol. The molecule has 0 amide bonds. The molecule has 3 nitrogen and oxygen atoms in total. The average Bonchev–Trinajstić information content (AvgIpc) is 2.04. The van der Waals surface area contributed by atoms with Crippen LogP contribution < -0.4 is 0 Å². The van der Waals surface area contributed by atoms with Crippen LogP contribution in [0.2, 0.25) is 6.55 Å². The molecule has 0 heterocycles. The summed E-state index contributed by atoms with van der Waals surface area (Å²) in [5.74, 6) is 0.823. The Morgan fingerprint density at radius 1 is 1.21 bits per heavy atom. The maximum absolute atomic E-state index is 5.80. The summed E-state index contributed by atoms with van der Waals surface area (Å²) >= 11 is 4.17. The zero-order valence-corrected chi connectivity index (χ0v) is 11.5. The van der Waals surface area contributed by atoms with E-state index in [0.29, 0.717) is 13.2 Å². The maximum Gasteiger partial charge on any atom is 0.497 e. The van der Waals surface area contributed by atoms with Gasteiger partial charge in [-0.25, -0.2) is 0 Å². The molecule has 14 heavy (non-hydrogen) atoms. The van der Waals surface area contributed by atoms with Gasteiger partial charge in [0.1, 0.15) is 0 Å². The molecule has 0 aliphatic heterocycles. The van der Waals surface area contributed by atoms with Crippen molar-refractivity contribution in [3.05, 3.63) is 0 Å². The van der Waals surface area contributed by atoms with Gasteiger partial charge in [-0.2, -0.15) is 12.6 Å². The smallest absolute Gasteiger partial charge is 0.374 e. The zero-order chi connectivity index (χ0) is 11.0. The molecule has 0 aromatic heterocycles. The van der Waals surface area contributed by atoms with Crippen LogP contribution in [0.3, 0.4) is 0 Å². The molecule has 0 aromatic rings. The van der Waals surface area contributed by atoms with Gasteiger partial charge in [-0.1, -0.05) is 0 Å². The fourth-order valence-corrected chi connectivity index (χ4v) is 3.72. The van der Waals surface area contributed by atoms with Crippen LogP contribution in [-0.2, 0) is 13.3 Å². The monoisotopic (exact) mass is 238 g/mol. The molecule has 0 N–H and O–H groups in total. The molecule has 0 bridgehead atoms. The SMILES string of the molecule is CCO[Si](C)(OCC)OC(C)CCS. The quantitative estimate of drug-likeness (QED) is 0.520. The van der Waals surface area contributed by atoms with Gasteiger partial charge in [0, 0.05) is 25.9 Å². The van der Waals surface area contributed by atoms with Gasteiger partial charge in [-0.05, 0) is 32.9 Å². The van der Waals surface area contributed by atoms with Gasteiger partial charge in [0.2, 0.25) is 0 Å². The van der Waals surface area contributed by atoms with Crippen molar-refractivity contribution in [1.29, 1.82) is 0 Å². The van der Waals surface area contributed by atoms with Gasteiger partial charge >= 0.3 is 8.80 Å². The van der Waals surface area contributed by atoms with Crippen LogP contribution in [0, 0.1) is 0 Å². The maximum atomic E-state index is 5.80. The van der Waals surface area contributed by atoms with E-state index < -0.39 is 8.80 Å². The van der Waals surface area contributed by atoms with E-state index in [1.54, 1.807) is 0 Å². The molecule has 0 radical (unpaired) electrons. The summed E-state index contributed by atoms with van der Waals surface area (Å²) in [5, 5.41) is 0. The van der Waals surface area contributed by atoms with Gasteiger partial charge in [-0.3, -0.25) is 0 Å². The fraction of sp³-hybridized carbons (Fsp3) is 1.00. The molecular formula is C9H22O3SSi. The van der Waals surface area contributed by atoms with Crippen molar-refractivity contribution in [2.45, 2.75) is 39.8 Å². The van der Waals surface area contributed by atoms with Crippen molar-refractivity contribution in [2.75, 3.05) is 19.0 Å². The minimum absolute atomic E-state index is 0.155. The highest BCUT2D eigenvalue weighted by molar-refractivity contribution is 7.80. The third kappa shape index (κ3) is 6.03. The molecule has 5 heteroatoms. The van der Waals surface area contributed by atoms with Crippen LogP contribution in [-0.4, -0.2) is 33.9 Å². The van der Waals surface area contributed by atoms with Crippen molar-refractivity contribution in [3.8, 4) is 0 Å². The molecule has 0 spiro atoms. The predicted octanol–water partition coefficient (Wildman–Crippen LogP) is 2.35. The second-order valence-corrected chi connectivity index (χ2v) is 6.15. The molecule has 0 fully saturated rings. The summed E-state index contributed by atoms with van der Waals surface area (Å²) in [5.41, 5.74) is 0. The van der Waals surface area contributed by atoms with Gasteiger partial charge in [-0.15, -0.1) is 0 Å². The Kier molecular flexibility index (Phi) is 7.95. The van der Waals surface area contributed by atoms with E-state index in [1.807, 2.05) is 27.3 Å². The van der Waals surface area contributed by atoms with Gasteiger partial charge in [0.05, 0.1) is 0 Å². The Balaban J connectivity index is 4.05. The minimum Gasteiger partial charge on any atom is -0.374 e. The Hall–Kier alpha value is 0.447. The second-order valence-electron chi connectivity index (χ2n) is 3.17. The van der Waals surface area contributed by atoms with E-state index >= 15 is 0 Å². The average molecular weight is 238 g/mol. The molecule has 0 saturated heterocycles. The number of hydrogen-bond acceptors (Lipinski definition) is 4. The van der Waals surface area contributed by atoms with Crippen molar-refractivity contribution < 1.29 is 13.3 Å². The summed E-state index contributed by atoms with van der Waals surface area (Å²) in [6.45, 7) is 9.15. The third-order valence-electron chi connectivity index (χ3n) is 1.76. The van der Waals surface area contributed by atoms with Crippen LogP contribution in [0.5, 0.6) is 0 Å². The first-order valence-corrected chi connectivity index (χ1v) is 8.00. The molecule has 0 aliphatic rings. The Labute approximate surface area is 93.9 Å². The Morgan fingerprint density at radius 3 is 2.07 bits per heavy atom. The first-order valence-electron chi connectivity index (χ1n) is 5.14. The highest BCUT2D eigenvalue weighted by Crippen LogP contribution is 2.14. The highest BCUT2D eigenvalue weighted by atomic mass is 32.1. The zero-order valence-electron chi connectivity index (χ0n) is 9.58. The van der Waals surface area contributed by atoms with Crippen molar-refractivity contribution in [3.63, 3.8) is 0 Å². The van der Waals surface area contributed by atoms with E-state index in [0.717, 1.165) is 12.2 Å². The van der Waals surface area contributed by atoms with Gasteiger partial charge < -0.3 is 13.3 Å². The topological polar surface area (TPSA) is 27.7 Å². The summed E-state index contributed by atoms with van der Waals surface area (Å²) in [6, 6.07) is 0. The third-order valence-corrected chi connectivity index (χ3v) is 4.48. The fourth-order valence-electron chi connectivity index (χ4n) is 1.24. The molecule has 1 atom stereocenters. The first kappa shape index (κ1) is 14.4. The lowest BCUT2D eigenvalue weighted by molar-refractivity contribution is 0.0437. The Morgan fingerprint density at radius 2 is 1.71 bits per heavy atom. The van der Waals surface area contributed by atoms with Gasteiger partial charge in [0.25, 0.3) is 0 Å². The second kappa shape index (κ2) is 7.70. The minimum atomic E-state index is -2.38. The van der Waals surface area contributed by atoms with Crippen molar-refractivity contribution in [2.24, 2.45) is 0 Å². The van der Waals surface area contributed by atoms with Gasteiger partial charge in [0.15, 0.2) is 0 Å². The van der Waals surface area contributed by atoms with Crippen LogP contribution in [0.4, 0.5) is 0 Å². The normalized spacial score (nSPS) is 14.4. The number of hydrogen-bond donors (Lipinski definition) is 1. The molecule has 1 unspecified atom stereocenters. The van der Waals surface area contributed by atoms with E-state index in [-0.39, 0.29) is 6.10 Å². The van der Waals surface area contributed by atoms with E-state index in [1.165, 1.54) is 0 Å². The summed E-state index contributed by atoms with van der Waals surface area (Å²) in [7, 11) is -2.38. The lowest BCUT2D eigenvalue weighted by Gasteiger charge is -2.28. The molecular weight excluding hydrogens is 216 g/mol. The molecule has 0 aromatic carbocycles. The van der Waals surface area contributed by atoms with E-state index in [9.17, 15) is 0 Å². The number of thiol groups is 1. The van der Waals surface area contributed by atoms with E-state index in [2.05, 4.69) is 12.6 Å². The van der Waals surface area contributed by atoms with Crippen LogP contribution >= 0.6 is 12.6 Å². The highest BCUT2D eigenvalue weighted by Gasteiger charge is 2.35. The van der Waals surface area contributed by atoms with Crippen LogP contribution in [0.25, 0.3) is 0 Å².